The van der Waals surface area contributed by atoms with Crippen LogP contribution in [-0.2, 0) is 0 Å². The number of hydrogen-bond acceptors (Lipinski definition) is 7. The predicted molar refractivity (Wildman–Crippen MR) is 113 cm³/mol. The Morgan fingerprint density at radius 2 is 1.60 bits per heavy atom. The number of anilines is 4. The van der Waals surface area contributed by atoms with Gasteiger partial charge in [0.1, 0.15) is 36.7 Å². The van der Waals surface area contributed by atoms with E-state index in [0.717, 1.165) is 0 Å². The largest absolute Gasteiger partial charge is 0.486 e. The minimum absolute atomic E-state index is 0.211. The van der Waals surface area contributed by atoms with Gasteiger partial charge in [0.2, 0.25) is 0 Å². The van der Waals surface area contributed by atoms with Crippen LogP contribution in [0.4, 0.5) is 27.8 Å². The maximum absolute atomic E-state index is 12.3. The highest BCUT2D eigenvalue weighted by Gasteiger charge is 2.13. The molecule has 1 aliphatic heterocycles. The molecule has 9 nitrogen and oxygen atoms in total. The van der Waals surface area contributed by atoms with Gasteiger partial charge in [0.15, 0.2) is 11.5 Å². The number of nitrogens with zero attached hydrogens (tertiary/aromatic N) is 2. The maximum Gasteiger partial charge on any atom is 0.323 e. The van der Waals surface area contributed by atoms with Gasteiger partial charge in [0.05, 0.1) is 0 Å². The Morgan fingerprint density at radius 3 is 2.37 bits per heavy atom. The van der Waals surface area contributed by atoms with Crippen molar-refractivity contribution in [3.05, 3.63) is 59.9 Å². The van der Waals surface area contributed by atoms with Crippen LogP contribution in [0.3, 0.4) is 0 Å². The minimum atomic E-state index is -0.401. The van der Waals surface area contributed by atoms with Gasteiger partial charge in [-0.3, -0.25) is 0 Å². The molecular weight excluding hydrogens is 384 g/mol. The summed E-state index contributed by atoms with van der Waals surface area (Å²) in [6.07, 6.45) is 1.28. The van der Waals surface area contributed by atoms with E-state index >= 15 is 0 Å². The second kappa shape index (κ2) is 8.28. The molecule has 2 aromatic carbocycles. The molecular formula is C21H18N6O3. The van der Waals surface area contributed by atoms with E-state index in [-0.39, 0.29) is 11.6 Å². The monoisotopic (exact) mass is 402 g/mol. The summed E-state index contributed by atoms with van der Waals surface area (Å²) in [5.41, 5.74) is 13.7. The molecule has 0 unspecified atom stereocenters. The molecule has 1 aromatic heterocycles. The number of urea groups is 1. The molecule has 4 rings (SSSR count). The number of nitrogens with two attached hydrogens (primary N) is 2. The number of rotatable bonds is 2. The SMILES string of the molecule is Nc1ncnc(N)c1C#Cc1cccc(NC(=O)Nc2ccc3c(c2)OCCO3)c1. The second-order valence-corrected chi connectivity index (χ2v) is 6.29. The lowest BCUT2D eigenvalue weighted by molar-refractivity contribution is 0.171. The normalized spacial score (nSPS) is 11.7. The van der Waals surface area contributed by atoms with Crippen molar-refractivity contribution in [1.82, 2.24) is 9.97 Å². The fraction of sp³-hybridized carbons (Fsp3) is 0.0952. The molecule has 2 heterocycles. The Morgan fingerprint density at radius 1 is 0.900 bits per heavy atom. The third kappa shape index (κ3) is 4.34. The Labute approximate surface area is 172 Å². The predicted octanol–water partition coefficient (Wildman–Crippen LogP) is 2.46. The van der Waals surface area contributed by atoms with E-state index in [1.807, 2.05) is 0 Å². The fourth-order valence-corrected chi connectivity index (χ4v) is 2.77. The molecule has 0 atom stereocenters. The number of carbonyl (C=O) groups is 1. The summed E-state index contributed by atoms with van der Waals surface area (Å²) in [5, 5.41) is 5.53. The van der Waals surface area contributed by atoms with Crippen molar-refractivity contribution in [2.75, 3.05) is 35.3 Å². The van der Waals surface area contributed by atoms with Gasteiger partial charge in [-0.05, 0) is 30.3 Å². The fourth-order valence-electron chi connectivity index (χ4n) is 2.77. The first kappa shape index (κ1) is 18.9. The summed E-state index contributed by atoms with van der Waals surface area (Å²) in [7, 11) is 0. The van der Waals surface area contributed by atoms with Crippen LogP contribution >= 0.6 is 0 Å². The number of ether oxygens (including phenoxy) is 2. The maximum atomic E-state index is 12.3. The summed E-state index contributed by atoms with van der Waals surface area (Å²) in [6, 6.07) is 11.9. The van der Waals surface area contributed by atoms with Gasteiger partial charge < -0.3 is 31.6 Å². The van der Waals surface area contributed by atoms with Gasteiger partial charge in [0.25, 0.3) is 0 Å². The molecule has 6 N–H and O–H groups in total. The highest BCUT2D eigenvalue weighted by molar-refractivity contribution is 6.00. The van der Waals surface area contributed by atoms with Crippen molar-refractivity contribution >= 4 is 29.0 Å². The number of hydrogen-bond donors (Lipinski definition) is 4. The first-order chi connectivity index (χ1) is 14.6. The molecule has 0 fully saturated rings. The average molecular weight is 402 g/mol. The average Bonchev–Trinajstić information content (AvgIpc) is 2.73. The molecule has 0 saturated heterocycles. The summed E-state index contributed by atoms with van der Waals surface area (Å²) < 4.78 is 11.0. The van der Waals surface area contributed by atoms with Gasteiger partial charge in [0, 0.05) is 23.0 Å². The number of nitrogen functional groups attached to an aromatic ring is 2. The zero-order valence-electron chi connectivity index (χ0n) is 15.8. The Hall–Kier alpha value is -4.45. The van der Waals surface area contributed by atoms with Gasteiger partial charge >= 0.3 is 6.03 Å². The number of carbonyl (C=O) groups excluding carboxylic acids is 1. The Balaban J connectivity index is 1.45. The van der Waals surface area contributed by atoms with E-state index in [9.17, 15) is 4.79 Å². The quantitative estimate of drug-likeness (QED) is 0.483. The van der Waals surface area contributed by atoms with Crippen molar-refractivity contribution in [3.8, 4) is 23.3 Å². The zero-order valence-corrected chi connectivity index (χ0v) is 15.8. The van der Waals surface area contributed by atoms with Crippen LogP contribution in [0.5, 0.6) is 11.5 Å². The summed E-state index contributed by atoms with van der Waals surface area (Å²) >= 11 is 0. The van der Waals surface area contributed by atoms with Crippen molar-refractivity contribution < 1.29 is 14.3 Å². The number of amides is 2. The summed E-state index contributed by atoms with van der Waals surface area (Å²) in [6.45, 7) is 0.985. The number of aromatic nitrogens is 2. The van der Waals surface area contributed by atoms with Crippen LogP contribution in [0.2, 0.25) is 0 Å². The van der Waals surface area contributed by atoms with Crippen LogP contribution in [0.15, 0.2) is 48.8 Å². The molecule has 30 heavy (non-hydrogen) atoms. The molecule has 0 radical (unpaired) electrons. The molecule has 1 aliphatic rings. The summed E-state index contributed by atoms with van der Waals surface area (Å²) in [4.78, 5) is 20.1. The van der Waals surface area contributed by atoms with Crippen molar-refractivity contribution in [2.24, 2.45) is 0 Å². The Bertz CT molecular complexity index is 1150. The standard InChI is InChI=1S/C21H18N6O3/c22-19-16(20(23)25-12-24-19)6-4-13-2-1-3-14(10-13)26-21(28)27-15-5-7-17-18(11-15)30-9-8-29-17/h1-3,5,7,10-12H,8-9H2,(H2,26,27,28)(H4,22,23,24,25). The lowest BCUT2D eigenvalue weighted by atomic mass is 10.2. The van der Waals surface area contributed by atoms with Crippen LogP contribution < -0.4 is 31.6 Å². The van der Waals surface area contributed by atoms with E-state index in [4.69, 9.17) is 20.9 Å². The van der Waals surface area contributed by atoms with E-state index in [1.165, 1.54) is 6.33 Å². The third-order valence-corrected chi connectivity index (χ3v) is 4.16. The lowest BCUT2D eigenvalue weighted by Crippen LogP contribution is -2.20. The van der Waals surface area contributed by atoms with Gasteiger partial charge in [-0.25, -0.2) is 14.8 Å². The van der Waals surface area contributed by atoms with Crippen LogP contribution in [0.25, 0.3) is 0 Å². The molecule has 150 valence electrons. The molecule has 0 spiro atoms. The van der Waals surface area contributed by atoms with E-state index < -0.39 is 6.03 Å². The Kier molecular flexibility index (Phi) is 5.21. The smallest absolute Gasteiger partial charge is 0.323 e. The molecule has 2 amide bonds. The van der Waals surface area contributed by atoms with Crippen molar-refractivity contribution in [3.63, 3.8) is 0 Å². The molecule has 0 saturated carbocycles. The third-order valence-electron chi connectivity index (χ3n) is 4.16. The highest BCUT2D eigenvalue weighted by Crippen LogP contribution is 2.32. The van der Waals surface area contributed by atoms with Crippen molar-refractivity contribution in [2.45, 2.75) is 0 Å². The number of benzene rings is 2. The summed E-state index contributed by atoms with van der Waals surface area (Å²) in [5.74, 6) is 7.49. The van der Waals surface area contributed by atoms with E-state index in [0.29, 0.717) is 47.2 Å². The lowest BCUT2D eigenvalue weighted by Gasteiger charge is -2.19. The molecule has 3 aromatic rings. The molecule has 0 bridgehead atoms. The van der Waals surface area contributed by atoms with Gasteiger partial charge in [-0.15, -0.1) is 0 Å². The first-order valence-electron chi connectivity index (χ1n) is 9.04. The van der Waals surface area contributed by atoms with Crippen LogP contribution in [0.1, 0.15) is 11.1 Å². The zero-order chi connectivity index (χ0) is 20.9. The number of fused-ring (bicyclic) bond motifs is 1. The van der Waals surface area contributed by atoms with Crippen LogP contribution in [-0.4, -0.2) is 29.2 Å². The molecule has 9 heteroatoms. The van der Waals surface area contributed by atoms with Crippen molar-refractivity contribution in [1.29, 1.82) is 0 Å². The first-order valence-corrected chi connectivity index (χ1v) is 9.04. The highest BCUT2D eigenvalue weighted by atomic mass is 16.6. The van der Waals surface area contributed by atoms with E-state index in [2.05, 4.69) is 32.4 Å². The number of nitrogens with one attached hydrogen (secondary N) is 2. The van der Waals surface area contributed by atoms with E-state index in [1.54, 1.807) is 42.5 Å². The minimum Gasteiger partial charge on any atom is -0.486 e. The van der Waals surface area contributed by atoms with Gasteiger partial charge in [-0.1, -0.05) is 17.9 Å². The van der Waals surface area contributed by atoms with Crippen LogP contribution in [0, 0.1) is 11.8 Å². The second-order valence-electron chi connectivity index (χ2n) is 6.29. The topological polar surface area (TPSA) is 137 Å². The van der Waals surface area contributed by atoms with Gasteiger partial charge in [-0.2, -0.15) is 0 Å². The molecule has 0 aliphatic carbocycles.